The van der Waals surface area contributed by atoms with Crippen molar-refractivity contribution in [1.29, 1.82) is 0 Å². The second kappa shape index (κ2) is 14.8. The molecule has 0 bridgehead atoms. The van der Waals surface area contributed by atoms with Crippen molar-refractivity contribution in [2.75, 3.05) is 19.4 Å². The predicted molar refractivity (Wildman–Crippen MR) is 149 cm³/mol. The number of hydrogen-bond donors (Lipinski definition) is 5. The summed E-state index contributed by atoms with van der Waals surface area (Å²) in [5.74, 6) is -0.213. The molecule has 39 heavy (non-hydrogen) atoms. The third-order valence-electron chi connectivity index (χ3n) is 5.02. The fourth-order valence-electron chi connectivity index (χ4n) is 3.30. The van der Waals surface area contributed by atoms with Gasteiger partial charge in [0.1, 0.15) is 0 Å². The van der Waals surface area contributed by atoms with E-state index in [9.17, 15) is 14.4 Å². The van der Waals surface area contributed by atoms with Crippen LogP contribution in [0.15, 0.2) is 53.5 Å². The Bertz CT molecular complexity index is 1320. The van der Waals surface area contributed by atoms with Crippen LogP contribution >= 0.6 is 11.3 Å². The molecule has 12 nitrogen and oxygen atoms in total. The van der Waals surface area contributed by atoms with Crippen molar-refractivity contribution in [2.45, 2.75) is 26.2 Å². The number of nitrogens with zero attached hydrogens (tertiary/aromatic N) is 3. The molecule has 0 fully saturated rings. The van der Waals surface area contributed by atoms with E-state index in [1.165, 1.54) is 18.3 Å². The number of hydrogen-bond acceptors (Lipinski definition) is 7. The average Bonchev–Trinajstić information content (AvgIpc) is 3.23. The molecule has 0 unspecified atom stereocenters. The summed E-state index contributed by atoms with van der Waals surface area (Å²) in [6.07, 6.45) is 0.704. The van der Waals surface area contributed by atoms with Crippen LogP contribution in [0.1, 0.15) is 39.0 Å². The van der Waals surface area contributed by atoms with Crippen LogP contribution in [0.25, 0.3) is 0 Å². The highest BCUT2D eigenvalue weighted by molar-refractivity contribution is 7.15. The molecule has 2 aromatic carbocycles. The van der Waals surface area contributed by atoms with Gasteiger partial charge in [0.25, 0.3) is 5.91 Å². The minimum Gasteiger partial charge on any atom is -0.465 e. The minimum absolute atomic E-state index is 0.0437. The minimum atomic E-state index is -1.33. The molecule has 1 aromatic heterocycles. The van der Waals surface area contributed by atoms with Crippen molar-refractivity contribution in [3.8, 4) is 0 Å². The van der Waals surface area contributed by atoms with Gasteiger partial charge in [-0.1, -0.05) is 24.3 Å². The van der Waals surface area contributed by atoms with E-state index in [0.717, 1.165) is 34.5 Å². The molecule has 1 heterocycles. The molecule has 0 atom stereocenters. The van der Waals surface area contributed by atoms with Gasteiger partial charge >= 0.3 is 12.2 Å². The van der Waals surface area contributed by atoms with E-state index >= 15 is 0 Å². The first-order chi connectivity index (χ1) is 18.4. The van der Waals surface area contributed by atoms with Gasteiger partial charge in [-0.2, -0.15) is 0 Å². The molecule has 6 N–H and O–H groups in total. The number of anilines is 1. The summed E-state index contributed by atoms with van der Waals surface area (Å²) in [6.45, 7) is 1.46. The maximum absolute atomic E-state index is 12.1. The van der Waals surface area contributed by atoms with Gasteiger partial charge < -0.3 is 26.2 Å². The van der Waals surface area contributed by atoms with Gasteiger partial charge in [0.05, 0.1) is 17.7 Å². The van der Waals surface area contributed by atoms with Crippen LogP contribution in [0, 0.1) is 0 Å². The largest absolute Gasteiger partial charge is 0.465 e. The van der Waals surface area contributed by atoms with E-state index in [-0.39, 0.29) is 11.8 Å². The van der Waals surface area contributed by atoms with Crippen LogP contribution < -0.4 is 16.4 Å². The Balaban J connectivity index is 0.00000124. The highest BCUT2D eigenvalue weighted by Gasteiger charge is 2.14. The van der Waals surface area contributed by atoms with Crippen LogP contribution in [0.5, 0.6) is 0 Å². The van der Waals surface area contributed by atoms with Gasteiger partial charge in [-0.25, -0.2) is 19.6 Å². The van der Waals surface area contributed by atoms with Crippen LogP contribution in [0.2, 0.25) is 0 Å². The second-order valence-electron chi connectivity index (χ2n) is 8.36. The Hall–Kier alpha value is -4.78. The van der Waals surface area contributed by atoms with Crippen molar-refractivity contribution in [3.05, 3.63) is 75.8 Å². The van der Waals surface area contributed by atoms with Gasteiger partial charge in [-0.05, 0) is 48.2 Å². The zero-order valence-corrected chi connectivity index (χ0v) is 22.5. The number of primary amides is 1. The van der Waals surface area contributed by atoms with E-state index in [1.54, 1.807) is 19.0 Å². The average molecular weight is 555 g/mol. The van der Waals surface area contributed by atoms with Crippen molar-refractivity contribution in [3.63, 3.8) is 0 Å². The quantitative estimate of drug-likeness (QED) is 0.197. The summed E-state index contributed by atoms with van der Waals surface area (Å²) >= 11 is 1.45. The maximum atomic E-state index is 12.1. The molecule has 0 aliphatic rings. The lowest BCUT2D eigenvalue weighted by Gasteiger charge is -2.10. The summed E-state index contributed by atoms with van der Waals surface area (Å²) in [7, 11) is 3.45. The number of amides is 4. The first-order valence-corrected chi connectivity index (χ1v) is 12.4. The third-order valence-corrected chi connectivity index (χ3v) is 6.03. The normalized spacial score (nSPS) is 10.3. The number of aromatic nitrogens is 1. The summed E-state index contributed by atoms with van der Waals surface area (Å²) < 4.78 is 0. The molecular weight excluding hydrogens is 524 g/mol. The summed E-state index contributed by atoms with van der Waals surface area (Å²) in [5.41, 5.74) is 8.35. The molecule has 0 radical (unpaired) electrons. The zero-order chi connectivity index (χ0) is 28.9. The van der Waals surface area contributed by atoms with Gasteiger partial charge in [-0.15, -0.1) is 11.3 Å². The van der Waals surface area contributed by atoms with Crippen LogP contribution in [0.3, 0.4) is 0 Å². The molecule has 0 saturated heterocycles. The lowest BCUT2D eigenvalue weighted by atomic mass is 10.0. The summed E-state index contributed by atoms with van der Waals surface area (Å²) in [4.78, 5) is 54.2. The number of aryl methyl sites for hydroxylation is 2. The second-order valence-corrected chi connectivity index (χ2v) is 9.44. The van der Waals surface area contributed by atoms with E-state index in [2.05, 4.69) is 26.3 Å². The molecule has 206 valence electrons. The van der Waals surface area contributed by atoms with Crippen LogP contribution in [-0.2, 0) is 24.1 Å². The van der Waals surface area contributed by atoms with E-state index in [0.29, 0.717) is 29.2 Å². The molecule has 0 spiro atoms. The fraction of sp³-hybridized carbons (Fsp3) is 0.231. The molecular formula is C26H30N6O6S. The molecule has 3 rings (SSSR count). The van der Waals surface area contributed by atoms with Crippen LogP contribution in [0.4, 0.5) is 20.4 Å². The molecule has 3 aromatic rings. The van der Waals surface area contributed by atoms with E-state index in [4.69, 9.17) is 15.0 Å². The van der Waals surface area contributed by atoms with Gasteiger partial charge in [0, 0.05) is 37.9 Å². The Labute approximate surface area is 229 Å². The van der Waals surface area contributed by atoms with Crippen molar-refractivity contribution >= 4 is 52.5 Å². The number of carboxylic acid groups (broad SMARTS) is 2. The number of nitrogens with one attached hydrogen (secondary N) is 2. The molecule has 4 amide bonds. The number of carbonyl (C=O) groups is 4. The van der Waals surface area contributed by atoms with E-state index < -0.39 is 12.2 Å². The molecule has 0 saturated carbocycles. The van der Waals surface area contributed by atoms with Crippen molar-refractivity contribution < 1.29 is 29.4 Å². The van der Waals surface area contributed by atoms with Gasteiger partial charge in [0.2, 0.25) is 5.91 Å². The monoisotopic (exact) mass is 554 g/mol. The molecule has 13 heteroatoms. The lowest BCUT2D eigenvalue weighted by Crippen LogP contribution is -2.21. The Morgan fingerprint density at radius 2 is 1.59 bits per heavy atom. The highest BCUT2D eigenvalue weighted by atomic mass is 32.1. The highest BCUT2D eigenvalue weighted by Crippen LogP contribution is 2.27. The number of carbonyl (C=O) groups excluding carboxylic acids is 2. The number of rotatable bonds is 9. The smallest absolute Gasteiger partial charge is 0.409 e. The van der Waals surface area contributed by atoms with Gasteiger partial charge in [0.15, 0.2) is 5.13 Å². The first-order valence-electron chi connectivity index (χ1n) is 11.6. The summed E-state index contributed by atoms with van der Waals surface area (Å²) in [5, 5.41) is 21.2. The number of benzene rings is 2. The fourth-order valence-corrected chi connectivity index (χ4v) is 4.39. The standard InChI is InChI=1S/C25H27N5O4S.CH3NO2/c1-16(31)28-24-29-21(13-8-17-6-11-20(12-7-17)26-15-27-25(33)34)22(35-24)14-18-4-9-19(10-5-18)23(32)30(2)3;2-1(3)4/h4-7,9-12,15H,8,13-14H2,1-3H3,(H,26,27)(H,33,34)(H,28,29,31);2H2,(H,3,4). The Morgan fingerprint density at radius 3 is 2.13 bits per heavy atom. The van der Waals surface area contributed by atoms with Crippen molar-refractivity contribution in [2.24, 2.45) is 10.7 Å². The summed E-state index contributed by atoms with van der Waals surface area (Å²) in [6, 6.07) is 15.0. The molecule has 0 aliphatic carbocycles. The number of thiazole rings is 1. The SMILES string of the molecule is CC(=O)Nc1nc(CCc2ccc(N=CNC(=O)O)cc2)c(Cc2ccc(C(=O)N(C)C)cc2)s1.NC(=O)O. The first kappa shape index (κ1) is 30.4. The molecule has 0 aliphatic heterocycles. The van der Waals surface area contributed by atoms with Crippen LogP contribution in [-0.4, -0.2) is 64.5 Å². The number of nitrogens with two attached hydrogens (primary N) is 1. The predicted octanol–water partition coefficient (Wildman–Crippen LogP) is 3.73. The maximum Gasteiger partial charge on any atom is 0.409 e. The number of aliphatic imine (C=N–C) groups is 1. The Morgan fingerprint density at radius 1 is 1.00 bits per heavy atom. The lowest BCUT2D eigenvalue weighted by molar-refractivity contribution is -0.114. The van der Waals surface area contributed by atoms with Crippen molar-refractivity contribution in [1.82, 2.24) is 15.2 Å². The topological polar surface area (TPSA) is 187 Å². The van der Waals surface area contributed by atoms with E-state index in [1.807, 2.05) is 48.5 Å². The van der Waals surface area contributed by atoms with Gasteiger partial charge in [-0.3, -0.25) is 14.9 Å². The zero-order valence-electron chi connectivity index (χ0n) is 21.7. The Kier molecular flexibility index (Phi) is 11.6. The third kappa shape index (κ3) is 11.0.